The molecule has 0 fully saturated rings. The van der Waals surface area contributed by atoms with Gasteiger partial charge in [-0.15, -0.1) is 0 Å². The van der Waals surface area contributed by atoms with Gasteiger partial charge in [0.2, 0.25) is 0 Å². The van der Waals surface area contributed by atoms with Gasteiger partial charge in [0.1, 0.15) is 0 Å². The number of rotatable bonds is 0. The third-order valence-electron chi connectivity index (χ3n) is 1.82. The molecule has 2 nitrogen and oxygen atoms in total. The number of nitriles is 2. The second kappa shape index (κ2) is 3.07. The Balaban J connectivity index is 2.94. The molecule has 0 radical (unpaired) electrons. The third-order valence-corrected chi connectivity index (χ3v) is 3.99. The van der Waals surface area contributed by atoms with Gasteiger partial charge in [-0.25, -0.2) is 0 Å². The first kappa shape index (κ1) is 8.08. The van der Waals surface area contributed by atoms with Crippen LogP contribution in [0.3, 0.4) is 0 Å². The van der Waals surface area contributed by atoms with Crippen molar-refractivity contribution in [1.29, 1.82) is 10.5 Å². The number of hydrogen-bond donors (Lipinski definition) is 0. The van der Waals surface area contributed by atoms with Gasteiger partial charge in [-0.1, -0.05) is 0 Å². The van der Waals surface area contributed by atoms with Gasteiger partial charge in [0.25, 0.3) is 0 Å². The fourth-order valence-corrected chi connectivity index (χ4v) is 3.09. The van der Waals surface area contributed by atoms with Gasteiger partial charge in [-0.3, -0.25) is 0 Å². The molecule has 0 bridgehead atoms. The first-order valence-corrected chi connectivity index (χ1v) is 5.40. The number of fused-ring (bicyclic) bond motifs is 1. The van der Waals surface area contributed by atoms with Crippen LogP contribution in [0.5, 0.6) is 0 Å². The fraction of sp³-hybridized carbons (Fsp3) is 0. The van der Waals surface area contributed by atoms with E-state index in [-0.39, 0.29) is 14.5 Å². The predicted octanol–water partition coefficient (Wildman–Crippen LogP) is 1.64. The summed E-state index contributed by atoms with van der Waals surface area (Å²) in [5.74, 6) is 0. The van der Waals surface area contributed by atoms with Crippen LogP contribution in [0.15, 0.2) is 24.3 Å². The van der Waals surface area contributed by atoms with Crippen molar-refractivity contribution in [2.24, 2.45) is 0 Å². The molecule has 13 heavy (non-hydrogen) atoms. The fourth-order valence-electron chi connectivity index (χ4n) is 1.26. The van der Waals surface area contributed by atoms with Gasteiger partial charge in [-0.2, -0.15) is 0 Å². The second-order valence-electron chi connectivity index (χ2n) is 2.53. The SMILES string of the molecule is N#Cc1[se]c(C#N)c2ccccc12. The second-order valence-corrected chi connectivity index (χ2v) is 4.67. The monoisotopic (exact) mass is 232 g/mol. The normalized spacial score (nSPS) is 9.38. The first-order chi connectivity index (χ1) is 6.36. The Morgan fingerprint density at radius 1 is 0.923 bits per heavy atom. The Hall–Kier alpha value is -1.54. The molecule has 0 unspecified atom stereocenters. The molecule has 3 heteroatoms. The number of hydrogen-bond acceptors (Lipinski definition) is 2. The van der Waals surface area contributed by atoms with Gasteiger partial charge in [-0.05, 0) is 0 Å². The van der Waals surface area contributed by atoms with E-state index in [0.717, 1.165) is 19.6 Å². The zero-order chi connectivity index (χ0) is 9.26. The van der Waals surface area contributed by atoms with Gasteiger partial charge < -0.3 is 0 Å². The molecular formula is C10H4N2Se. The van der Waals surface area contributed by atoms with E-state index in [0.29, 0.717) is 0 Å². The molecule has 0 aliphatic rings. The van der Waals surface area contributed by atoms with Crippen LogP contribution in [0.2, 0.25) is 0 Å². The minimum atomic E-state index is -0.0762. The van der Waals surface area contributed by atoms with Crippen LogP contribution in [0.1, 0.15) is 8.87 Å². The van der Waals surface area contributed by atoms with Crippen molar-refractivity contribution in [3.8, 4) is 12.1 Å². The van der Waals surface area contributed by atoms with E-state index >= 15 is 0 Å². The van der Waals surface area contributed by atoms with Crippen LogP contribution in [-0.4, -0.2) is 14.5 Å². The van der Waals surface area contributed by atoms with Crippen molar-refractivity contribution in [2.45, 2.75) is 0 Å². The molecule has 0 atom stereocenters. The maximum absolute atomic E-state index is 8.83. The average molecular weight is 231 g/mol. The van der Waals surface area contributed by atoms with Crippen LogP contribution in [0, 0.1) is 22.7 Å². The van der Waals surface area contributed by atoms with Gasteiger partial charge in [0, 0.05) is 0 Å². The average Bonchev–Trinajstić information content (AvgIpc) is 2.56. The van der Waals surface area contributed by atoms with Gasteiger partial charge in [0.15, 0.2) is 0 Å². The molecule has 0 aliphatic carbocycles. The first-order valence-electron chi connectivity index (χ1n) is 3.68. The summed E-state index contributed by atoms with van der Waals surface area (Å²) < 4.78 is 1.53. The maximum atomic E-state index is 8.83. The molecule has 1 aromatic carbocycles. The molecule has 60 valence electrons. The van der Waals surface area contributed by atoms with Crippen molar-refractivity contribution in [3.05, 3.63) is 33.1 Å². The van der Waals surface area contributed by atoms with E-state index in [1.165, 1.54) is 0 Å². The molecule has 0 amide bonds. The minimum absolute atomic E-state index is 0.0762. The predicted molar refractivity (Wildman–Crippen MR) is 50.3 cm³/mol. The summed E-state index contributed by atoms with van der Waals surface area (Å²) >= 11 is -0.0762. The third kappa shape index (κ3) is 1.15. The quantitative estimate of drug-likeness (QED) is 0.647. The summed E-state index contributed by atoms with van der Waals surface area (Å²) in [5.41, 5.74) is 0. The van der Waals surface area contributed by atoms with E-state index in [9.17, 15) is 0 Å². The van der Waals surface area contributed by atoms with Crippen molar-refractivity contribution >= 4 is 25.3 Å². The zero-order valence-electron chi connectivity index (χ0n) is 6.61. The molecule has 0 saturated heterocycles. The Bertz CT molecular complexity index is 492. The molecule has 2 rings (SSSR count). The van der Waals surface area contributed by atoms with Crippen LogP contribution in [-0.2, 0) is 0 Å². The molecule has 1 heterocycles. The summed E-state index contributed by atoms with van der Waals surface area (Å²) in [4.78, 5) is 0. The van der Waals surface area contributed by atoms with E-state index in [1.54, 1.807) is 0 Å². The summed E-state index contributed by atoms with van der Waals surface area (Å²) in [6.45, 7) is 0. The number of benzene rings is 1. The van der Waals surface area contributed by atoms with Gasteiger partial charge in [0.05, 0.1) is 0 Å². The van der Waals surface area contributed by atoms with E-state index < -0.39 is 0 Å². The molecule has 2 aromatic rings. The topological polar surface area (TPSA) is 47.6 Å². The van der Waals surface area contributed by atoms with Crippen molar-refractivity contribution < 1.29 is 0 Å². The Labute approximate surface area is 81.4 Å². The zero-order valence-corrected chi connectivity index (χ0v) is 8.33. The summed E-state index contributed by atoms with van der Waals surface area (Å²) in [6, 6.07) is 11.9. The Morgan fingerprint density at radius 3 is 1.77 bits per heavy atom. The van der Waals surface area contributed by atoms with E-state index in [1.807, 2.05) is 24.3 Å². The van der Waals surface area contributed by atoms with Crippen molar-refractivity contribution in [2.75, 3.05) is 0 Å². The van der Waals surface area contributed by atoms with Crippen LogP contribution in [0.4, 0.5) is 0 Å². The Morgan fingerprint density at radius 2 is 1.38 bits per heavy atom. The van der Waals surface area contributed by atoms with Crippen molar-refractivity contribution in [1.82, 2.24) is 0 Å². The molecule has 0 saturated carbocycles. The van der Waals surface area contributed by atoms with Crippen LogP contribution in [0.25, 0.3) is 10.8 Å². The van der Waals surface area contributed by atoms with Crippen LogP contribution >= 0.6 is 0 Å². The van der Waals surface area contributed by atoms with E-state index in [2.05, 4.69) is 12.1 Å². The molecule has 0 N–H and O–H groups in total. The summed E-state index contributed by atoms with van der Waals surface area (Å²) in [5, 5.41) is 19.6. The molecule has 0 spiro atoms. The van der Waals surface area contributed by atoms with E-state index in [4.69, 9.17) is 10.5 Å². The summed E-state index contributed by atoms with van der Waals surface area (Å²) in [6.07, 6.45) is 0. The Kier molecular flexibility index (Phi) is 1.91. The molecule has 0 aliphatic heterocycles. The van der Waals surface area contributed by atoms with Crippen LogP contribution < -0.4 is 0 Å². The molecule has 1 aromatic heterocycles. The summed E-state index contributed by atoms with van der Waals surface area (Å²) in [7, 11) is 0. The standard InChI is InChI=1S/C10H4N2Se/c11-5-9-7-3-1-2-4-8(7)10(6-12)13-9/h1-4H. The molecular weight excluding hydrogens is 227 g/mol. The number of nitrogens with zero attached hydrogens (tertiary/aromatic N) is 2. The van der Waals surface area contributed by atoms with Crippen molar-refractivity contribution in [3.63, 3.8) is 0 Å². The van der Waals surface area contributed by atoms with Gasteiger partial charge >= 0.3 is 81.1 Å².